The van der Waals surface area contributed by atoms with Crippen LogP contribution >= 0.6 is 0 Å². The second kappa shape index (κ2) is 8.33. The Morgan fingerprint density at radius 3 is 2.26 bits per heavy atom. The number of fused-ring (bicyclic) bond motifs is 3. The molecular formula is C25H24N4O5. The van der Waals surface area contributed by atoms with Gasteiger partial charge in [0.1, 0.15) is 17.7 Å². The summed E-state index contributed by atoms with van der Waals surface area (Å²) in [4.78, 5) is 37.0. The molecule has 0 aliphatic heterocycles. The average molecular weight is 460 g/mol. The van der Waals surface area contributed by atoms with Crippen LogP contribution in [0.25, 0.3) is 11.1 Å². The van der Waals surface area contributed by atoms with Gasteiger partial charge in [-0.25, -0.2) is 9.59 Å². The van der Waals surface area contributed by atoms with Crippen LogP contribution in [0, 0.1) is 0 Å². The van der Waals surface area contributed by atoms with Crippen molar-refractivity contribution < 1.29 is 24.2 Å². The van der Waals surface area contributed by atoms with E-state index in [1.165, 1.54) is 10.9 Å². The highest BCUT2D eigenvalue weighted by atomic mass is 16.5. The number of carbonyl (C=O) groups excluding carboxylic acids is 2. The largest absolute Gasteiger partial charge is 0.480 e. The fourth-order valence-corrected chi connectivity index (χ4v) is 4.69. The van der Waals surface area contributed by atoms with Gasteiger partial charge in [0.25, 0.3) is 5.91 Å². The van der Waals surface area contributed by atoms with Crippen LogP contribution in [0.5, 0.6) is 0 Å². The van der Waals surface area contributed by atoms with Crippen molar-refractivity contribution in [3.63, 3.8) is 0 Å². The summed E-state index contributed by atoms with van der Waals surface area (Å²) in [5.41, 5.74) is 3.23. The molecule has 0 bridgehead atoms. The zero-order valence-corrected chi connectivity index (χ0v) is 18.6. The van der Waals surface area contributed by atoms with Crippen LogP contribution in [0.4, 0.5) is 10.6 Å². The Kier molecular flexibility index (Phi) is 5.31. The predicted octanol–water partition coefficient (Wildman–Crippen LogP) is 3.52. The van der Waals surface area contributed by atoms with E-state index in [0.717, 1.165) is 28.7 Å². The lowest BCUT2D eigenvalue weighted by atomic mass is 9.76. The molecule has 0 saturated heterocycles. The minimum Gasteiger partial charge on any atom is -0.480 e. The summed E-state index contributed by atoms with van der Waals surface area (Å²) in [7, 11) is 1.61. The molecule has 174 valence electrons. The van der Waals surface area contributed by atoms with Crippen molar-refractivity contribution in [2.45, 2.75) is 30.7 Å². The van der Waals surface area contributed by atoms with Crippen LogP contribution < -0.4 is 10.6 Å². The summed E-state index contributed by atoms with van der Waals surface area (Å²) in [6, 6.07) is 16.1. The maximum absolute atomic E-state index is 12.8. The first-order valence-electron chi connectivity index (χ1n) is 11.1. The molecule has 9 nitrogen and oxygen atoms in total. The van der Waals surface area contributed by atoms with E-state index in [1.807, 2.05) is 36.4 Å². The molecule has 1 aromatic heterocycles. The maximum atomic E-state index is 12.8. The molecule has 0 unspecified atom stereocenters. The SMILES string of the molecule is Cn1cc(C(=O)NC2(C(=O)O)CCC2)c(NC(=O)OCC2c3ccccc3-c3ccccc32)n1. The quantitative estimate of drug-likeness (QED) is 0.517. The molecule has 2 aromatic carbocycles. The zero-order chi connectivity index (χ0) is 23.9. The summed E-state index contributed by atoms with van der Waals surface area (Å²) < 4.78 is 6.91. The van der Waals surface area contributed by atoms with E-state index >= 15 is 0 Å². The number of nitrogens with one attached hydrogen (secondary N) is 2. The third kappa shape index (κ3) is 3.68. The lowest BCUT2D eigenvalue weighted by Crippen LogP contribution is -2.59. The van der Waals surface area contributed by atoms with E-state index in [-0.39, 0.29) is 23.9 Å². The number of aromatic nitrogens is 2. The molecule has 2 amide bonds. The molecule has 1 heterocycles. The molecule has 9 heteroatoms. The molecule has 2 aliphatic rings. The number of rotatable bonds is 6. The molecule has 3 aromatic rings. The summed E-state index contributed by atoms with van der Waals surface area (Å²) in [6.45, 7) is 0.121. The van der Waals surface area contributed by atoms with Gasteiger partial charge in [0.05, 0.1) is 0 Å². The molecule has 2 aliphatic carbocycles. The molecule has 1 saturated carbocycles. The van der Waals surface area contributed by atoms with Crippen molar-refractivity contribution in [1.29, 1.82) is 0 Å². The van der Waals surface area contributed by atoms with E-state index in [4.69, 9.17) is 4.74 Å². The first kappa shape index (κ1) is 21.7. The average Bonchev–Trinajstić information content (AvgIpc) is 3.32. The summed E-state index contributed by atoms with van der Waals surface area (Å²) in [5.74, 6) is -1.76. The number of anilines is 1. The van der Waals surface area contributed by atoms with Gasteiger partial charge in [-0.1, -0.05) is 48.5 Å². The van der Waals surface area contributed by atoms with Crippen LogP contribution in [-0.4, -0.2) is 45.0 Å². The van der Waals surface area contributed by atoms with Gasteiger partial charge in [0.2, 0.25) is 0 Å². The van der Waals surface area contributed by atoms with Gasteiger partial charge in [-0.15, -0.1) is 0 Å². The summed E-state index contributed by atoms with van der Waals surface area (Å²) >= 11 is 0. The van der Waals surface area contributed by atoms with E-state index in [9.17, 15) is 19.5 Å². The molecule has 3 N–H and O–H groups in total. The van der Waals surface area contributed by atoms with Gasteiger partial charge < -0.3 is 15.2 Å². The fourth-order valence-electron chi connectivity index (χ4n) is 4.69. The number of amides is 2. The number of benzene rings is 2. The minimum atomic E-state index is -1.27. The Hall–Kier alpha value is -4.14. The van der Waals surface area contributed by atoms with Crippen molar-refractivity contribution >= 4 is 23.8 Å². The fraction of sp³-hybridized carbons (Fsp3) is 0.280. The number of ether oxygens (including phenoxy) is 1. The lowest BCUT2D eigenvalue weighted by Gasteiger charge is -2.38. The van der Waals surface area contributed by atoms with Crippen molar-refractivity contribution in [3.05, 3.63) is 71.4 Å². The highest BCUT2D eigenvalue weighted by Gasteiger charge is 2.46. The van der Waals surface area contributed by atoms with Crippen molar-refractivity contribution in [2.24, 2.45) is 7.05 Å². The Morgan fingerprint density at radius 2 is 1.71 bits per heavy atom. The normalized spacial score (nSPS) is 15.6. The molecule has 0 radical (unpaired) electrons. The number of hydrogen-bond acceptors (Lipinski definition) is 5. The van der Waals surface area contributed by atoms with Crippen LogP contribution in [0.1, 0.15) is 46.7 Å². The van der Waals surface area contributed by atoms with Crippen LogP contribution in [-0.2, 0) is 16.6 Å². The first-order chi connectivity index (χ1) is 16.4. The van der Waals surface area contributed by atoms with Gasteiger partial charge >= 0.3 is 12.1 Å². The highest BCUT2D eigenvalue weighted by molar-refractivity contribution is 6.03. The number of nitrogens with zero attached hydrogens (tertiary/aromatic N) is 2. The Morgan fingerprint density at radius 1 is 1.09 bits per heavy atom. The van der Waals surface area contributed by atoms with E-state index in [0.29, 0.717) is 12.8 Å². The monoisotopic (exact) mass is 460 g/mol. The van der Waals surface area contributed by atoms with Gasteiger partial charge in [-0.05, 0) is 41.5 Å². The Bertz CT molecular complexity index is 1250. The van der Waals surface area contributed by atoms with Gasteiger partial charge in [-0.2, -0.15) is 5.10 Å². The van der Waals surface area contributed by atoms with Gasteiger partial charge in [0.15, 0.2) is 5.82 Å². The molecule has 5 rings (SSSR count). The van der Waals surface area contributed by atoms with Crippen molar-refractivity contribution in [2.75, 3.05) is 11.9 Å². The van der Waals surface area contributed by atoms with Crippen molar-refractivity contribution in [1.82, 2.24) is 15.1 Å². The highest BCUT2D eigenvalue weighted by Crippen LogP contribution is 2.44. The molecule has 34 heavy (non-hydrogen) atoms. The number of hydrogen-bond donors (Lipinski definition) is 3. The summed E-state index contributed by atoms with van der Waals surface area (Å²) in [6.07, 6.45) is 2.14. The molecule has 1 fully saturated rings. The number of carboxylic acid groups (broad SMARTS) is 1. The van der Waals surface area contributed by atoms with Crippen LogP contribution in [0.15, 0.2) is 54.7 Å². The van der Waals surface area contributed by atoms with E-state index in [2.05, 4.69) is 27.9 Å². The van der Waals surface area contributed by atoms with Gasteiger partial charge in [0, 0.05) is 19.2 Å². The Labute approximate surface area is 195 Å². The molecule has 0 spiro atoms. The maximum Gasteiger partial charge on any atom is 0.412 e. The van der Waals surface area contributed by atoms with Crippen LogP contribution in [0.2, 0.25) is 0 Å². The van der Waals surface area contributed by atoms with Crippen molar-refractivity contribution in [3.8, 4) is 11.1 Å². The molecular weight excluding hydrogens is 436 g/mol. The predicted molar refractivity (Wildman–Crippen MR) is 124 cm³/mol. The Balaban J connectivity index is 1.28. The second-order valence-corrected chi connectivity index (χ2v) is 8.71. The standard InChI is InChI=1S/C25H24N4O5/c1-29-13-19(22(30)27-25(23(31)32)11-6-12-25)21(28-29)26-24(33)34-14-20-17-9-4-2-7-15(17)16-8-3-5-10-18(16)20/h2-5,7-10,13,20H,6,11-12,14H2,1H3,(H,27,30)(H,31,32)(H,26,28,33). The topological polar surface area (TPSA) is 123 Å². The zero-order valence-electron chi connectivity index (χ0n) is 18.6. The number of aryl methyl sites for hydroxylation is 1. The van der Waals surface area contributed by atoms with E-state index in [1.54, 1.807) is 7.05 Å². The van der Waals surface area contributed by atoms with E-state index < -0.39 is 23.5 Å². The second-order valence-electron chi connectivity index (χ2n) is 8.71. The number of aliphatic carboxylic acids is 1. The summed E-state index contributed by atoms with van der Waals surface area (Å²) in [5, 5.41) is 18.7. The first-order valence-corrected chi connectivity index (χ1v) is 11.1. The third-order valence-corrected chi connectivity index (χ3v) is 6.61. The smallest absolute Gasteiger partial charge is 0.412 e. The number of carbonyl (C=O) groups is 3. The van der Waals surface area contributed by atoms with Crippen LogP contribution in [0.3, 0.4) is 0 Å². The number of carboxylic acids is 1. The third-order valence-electron chi connectivity index (χ3n) is 6.61. The molecule has 0 atom stereocenters. The minimum absolute atomic E-state index is 0.0112. The lowest BCUT2D eigenvalue weighted by molar-refractivity contribution is -0.148. The van der Waals surface area contributed by atoms with Gasteiger partial charge in [-0.3, -0.25) is 14.8 Å².